The second-order valence-electron chi connectivity index (χ2n) is 33.9. The van der Waals surface area contributed by atoms with E-state index in [-0.39, 0.29) is 20.5 Å². The van der Waals surface area contributed by atoms with E-state index in [9.17, 15) is 0 Å². The van der Waals surface area contributed by atoms with Gasteiger partial charge in [0.2, 0.25) is 0 Å². The molecule has 0 unspecified atom stereocenters. The standard InChI is InChI=1S/C48H30BNO2.C36H24BNO.C36H24BNS/c1-3-11-35(12-4-1)49-43-23-19-31(33-21-25-47-41(29-33)37-15-7-9-17-45(37)51-47)27-39(43)40-28-32(20-24-44(40)50(49)36-13-5-2-6-14-36)34-22-26-48-42(30-34)38-16-8-10-18-46(38)52-48;1-2-11-27(12-3-1)38-33-18-8-5-14-30(33)29-13-4-7-17-32(29)37(38)26-23-21-25(22-24-26)28-16-10-20-35-36(28)31-15-6-9-19-34(31)39-35;1-2-10-27(11-3-1)37-33-15-7-4-12-29(33)30-13-5-8-16-34(30)38(37)28-21-18-25(19-22-28)26-20-23-36-32(24-26)31-14-6-9-17-35(31)39-36/h1-30H;2*1-24H. The number of hydrogen-bond acceptors (Lipinski definition) is 7. The third-order valence-electron chi connectivity index (χ3n) is 26.6. The third kappa shape index (κ3) is 13.1. The van der Waals surface area contributed by atoms with E-state index in [0.717, 1.165) is 71.7 Å². The van der Waals surface area contributed by atoms with E-state index in [4.69, 9.17) is 13.3 Å². The van der Waals surface area contributed by atoms with Gasteiger partial charge in [0.15, 0.2) is 0 Å². The average molecular weight is 1670 g/mol. The molecule has 0 fully saturated rings. The Morgan fingerprint density at radius 3 is 1.09 bits per heavy atom. The van der Waals surface area contributed by atoms with Gasteiger partial charge < -0.3 is 27.7 Å². The number of benzene rings is 20. The van der Waals surface area contributed by atoms with Crippen LogP contribution < -0.4 is 47.2 Å². The molecule has 130 heavy (non-hydrogen) atoms. The number of furan rings is 3. The van der Waals surface area contributed by atoms with Crippen LogP contribution in [0.15, 0.2) is 486 Å². The van der Waals surface area contributed by atoms with Gasteiger partial charge in [0, 0.05) is 103 Å². The molecule has 0 N–H and O–H groups in total. The summed E-state index contributed by atoms with van der Waals surface area (Å²) in [5.41, 5.74) is 37.5. The van der Waals surface area contributed by atoms with Crippen LogP contribution >= 0.6 is 11.3 Å². The smallest absolute Gasteiger partial charge is 0.328 e. The van der Waals surface area contributed by atoms with Crippen molar-refractivity contribution in [3.8, 4) is 77.9 Å². The van der Waals surface area contributed by atoms with Crippen molar-refractivity contribution in [2.24, 2.45) is 0 Å². The number of rotatable bonds is 10. The largest absolute Gasteiger partial charge is 0.456 e. The van der Waals surface area contributed by atoms with E-state index in [1.165, 1.54) is 159 Å². The van der Waals surface area contributed by atoms with Gasteiger partial charge in [0.25, 0.3) is 0 Å². The van der Waals surface area contributed by atoms with Crippen molar-refractivity contribution in [3.63, 3.8) is 0 Å². The lowest BCUT2D eigenvalue weighted by Gasteiger charge is -2.39. The first-order valence-corrected chi connectivity index (χ1v) is 45.4. The SMILES string of the molecule is c1ccc(B2c3ccc(-c4ccc5oc6ccccc6c5c4)cc3-c3cc(-c4ccc5oc6ccccc6c5c4)ccc3N2c2ccccc2)cc1.c1ccc(B2c3ccccc3-c3ccccc3N2c2ccc(-c3ccc4sc5ccccc5c4c3)cc2)cc1.c1ccc(N2B(c3ccc(-c4cccc5oc6ccccc6c45)cc3)c3ccccc3-c3ccccc32)cc1. The summed E-state index contributed by atoms with van der Waals surface area (Å²) in [6.45, 7) is 0.134. The van der Waals surface area contributed by atoms with Gasteiger partial charge in [-0.25, -0.2) is 0 Å². The molecule has 3 aliphatic heterocycles. The summed E-state index contributed by atoms with van der Waals surface area (Å²) < 4.78 is 21.2. The van der Waals surface area contributed by atoms with Crippen LogP contribution in [0.3, 0.4) is 0 Å². The molecule has 0 spiro atoms. The first-order valence-electron chi connectivity index (χ1n) is 44.6. The Kier molecular flexibility index (Phi) is 18.7. The number of para-hydroxylation sites is 7. The summed E-state index contributed by atoms with van der Waals surface area (Å²) in [7, 11) is 0. The predicted octanol–water partition coefficient (Wildman–Crippen LogP) is 28.6. The van der Waals surface area contributed by atoms with Crippen LogP contribution in [0.2, 0.25) is 0 Å². The molecule has 3 aliphatic rings. The Morgan fingerprint density at radius 2 is 0.523 bits per heavy atom. The van der Waals surface area contributed by atoms with Crippen molar-refractivity contribution < 1.29 is 13.3 Å². The molecule has 27 rings (SSSR count). The lowest BCUT2D eigenvalue weighted by atomic mass is 9.45. The molecule has 606 valence electrons. The Balaban J connectivity index is 0.000000107. The Labute approximate surface area is 758 Å². The molecule has 0 aliphatic carbocycles. The topological polar surface area (TPSA) is 49.1 Å². The Morgan fingerprint density at radius 1 is 0.177 bits per heavy atom. The maximum Gasteiger partial charge on any atom is 0.328 e. The minimum Gasteiger partial charge on any atom is -0.456 e. The second-order valence-corrected chi connectivity index (χ2v) is 35.0. The minimum atomic E-state index is -0.0139. The molecule has 4 aromatic heterocycles. The fourth-order valence-electron chi connectivity index (χ4n) is 20.7. The van der Waals surface area contributed by atoms with Crippen molar-refractivity contribution in [1.29, 1.82) is 0 Å². The summed E-state index contributed by atoms with van der Waals surface area (Å²) in [6, 6.07) is 171. The van der Waals surface area contributed by atoms with Crippen LogP contribution in [0.5, 0.6) is 0 Å². The van der Waals surface area contributed by atoms with E-state index < -0.39 is 0 Å². The maximum atomic E-state index is 6.19. The number of nitrogens with zero attached hydrogens (tertiary/aromatic N) is 3. The van der Waals surface area contributed by atoms with Crippen LogP contribution in [-0.4, -0.2) is 20.5 Å². The number of thiophene rings is 1. The van der Waals surface area contributed by atoms with Gasteiger partial charge in [0.05, 0.1) is 0 Å². The van der Waals surface area contributed by atoms with Crippen molar-refractivity contribution in [2.45, 2.75) is 0 Å². The molecule has 0 amide bonds. The van der Waals surface area contributed by atoms with Gasteiger partial charge in [-0.15, -0.1) is 11.3 Å². The van der Waals surface area contributed by atoms with Crippen LogP contribution in [-0.2, 0) is 0 Å². The fourth-order valence-corrected chi connectivity index (χ4v) is 21.7. The molecule has 0 radical (unpaired) electrons. The van der Waals surface area contributed by atoms with Crippen molar-refractivity contribution in [2.75, 3.05) is 14.4 Å². The van der Waals surface area contributed by atoms with Crippen LogP contribution in [0.25, 0.3) is 164 Å². The predicted molar refractivity (Wildman–Crippen MR) is 552 cm³/mol. The van der Waals surface area contributed by atoms with Gasteiger partial charge in [-0.1, -0.05) is 356 Å². The molecule has 0 atom stereocenters. The first-order chi connectivity index (χ1) is 64.5. The highest BCUT2D eigenvalue weighted by Crippen LogP contribution is 2.48. The average Bonchev–Trinajstić information content (AvgIpc) is 0.908. The molecule has 20 aromatic carbocycles. The number of anilines is 6. The molecule has 6 nitrogen and oxygen atoms in total. The van der Waals surface area contributed by atoms with Crippen molar-refractivity contribution in [3.05, 3.63) is 473 Å². The van der Waals surface area contributed by atoms with E-state index in [2.05, 4.69) is 451 Å². The summed E-state index contributed by atoms with van der Waals surface area (Å²) in [5.74, 6) is 0. The van der Waals surface area contributed by atoms with Gasteiger partial charge in [-0.2, -0.15) is 0 Å². The summed E-state index contributed by atoms with van der Waals surface area (Å²) in [4.78, 5) is 7.50. The maximum absolute atomic E-state index is 6.19. The van der Waals surface area contributed by atoms with Crippen molar-refractivity contribution >= 4 is 185 Å². The molecule has 24 aromatic rings. The fraction of sp³-hybridized carbons (Fsp3) is 0. The molecule has 0 bridgehead atoms. The molecule has 10 heteroatoms. The lowest BCUT2D eigenvalue weighted by molar-refractivity contribution is 0.668. The number of fused-ring (bicyclic) bond motifs is 21. The van der Waals surface area contributed by atoms with Crippen LogP contribution in [0.4, 0.5) is 34.1 Å². The van der Waals surface area contributed by atoms with Gasteiger partial charge in [0.1, 0.15) is 33.5 Å². The highest BCUT2D eigenvalue weighted by Gasteiger charge is 2.41. The second kappa shape index (κ2) is 31.9. The Hall–Kier alpha value is -16.4. The zero-order chi connectivity index (χ0) is 85.7. The quantitative estimate of drug-likeness (QED) is 0.127. The number of hydrogen-bond donors (Lipinski definition) is 0. The van der Waals surface area contributed by atoms with E-state index in [1.54, 1.807) is 0 Å². The first kappa shape index (κ1) is 76.1. The van der Waals surface area contributed by atoms with Crippen LogP contribution in [0, 0.1) is 0 Å². The highest BCUT2D eigenvalue weighted by molar-refractivity contribution is 7.25. The normalized spacial score (nSPS) is 12.5. The molecule has 7 heterocycles. The van der Waals surface area contributed by atoms with Gasteiger partial charge >= 0.3 is 20.5 Å². The van der Waals surface area contributed by atoms with E-state index in [0.29, 0.717) is 0 Å². The van der Waals surface area contributed by atoms with Gasteiger partial charge in [-0.05, 0) is 211 Å². The molecule has 0 saturated carbocycles. The van der Waals surface area contributed by atoms with E-state index in [1.807, 2.05) is 47.7 Å². The lowest BCUT2D eigenvalue weighted by Crippen LogP contribution is -2.57. The zero-order valence-electron chi connectivity index (χ0n) is 70.7. The summed E-state index contributed by atoms with van der Waals surface area (Å²) in [6.07, 6.45) is 0. The third-order valence-corrected chi connectivity index (χ3v) is 27.8. The highest BCUT2D eigenvalue weighted by atomic mass is 32.1. The monoisotopic (exact) mass is 1670 g/mol. The Bertz CT molecular complexity index is 8280. The molecular formula is C120H78B3N3O3S. The molecular weight excluding hydrogens is 1600 g/mol. The zero-order valence-corrected chi connectivity index (χ0v) is 71.6. The van der Waals surface area contributed by atoms with Gasteiger partial charge in [-0.3, -0.25) is 0 Å². The summed E-state index contributed by atoms with van der Waals surface area (Å²) >= 11 is 1.87. The van der Waals surface area contributed by atoms with Crippen LogP contribution in [0.1, 0.15) is 0 Å². The van der Waals surface area contributed by atoms with Crippen molar-refractivity contribution in [1.82, 2.24) is 0 Å². The minimum absolute atomic E-state index is 0.0139. The summed E-state index contributed by atoms with van der Waals surface area (Å²) in [5, 5.41) is 9.53. The molecule has 0 saturated heterocycles. The van der Waals surface area contributed by atoms with E-state index >= 15 is 0 Å².